The average Bonchev–Trinajstić information content (AvgIpc) is 3.42. The third-order valence-electron chi connectivity index (χ3n) is 6.52. The van der Waals surface area contributed by atoms with Crippen molar-refractivity contribution in [3.05, 3.63) is 137 Å². The minimum Gasteiger partial charge on any atom is -0.382 e. The molecule has 0 heterocycles. The number of allylic oxidation sites excluding steroid dienone is 6. The maximum Gasteiger partial charge on any atom is 0.147 e. The van der Waals surface area contributed by atoms with Gasteiger partial charge in [-0.1, -0.05) is 91.1 Å². The lowest BCUT2D eigenvalue weighted by Crippen LogP contribution is -2.25. The number of benzene rings is 2. The average molecular weight is 496 g/mol. The molecule has 0 amide bonds. The van der Waals surface area contributed by atoms with Crippen LogP contribution in [0.15, 0.2) is 120 Å². The van der Waals surface area contributed by atoms with E-state index in [0.717, 1.165) is 35.2 Å². The highest BCUT2D eigenvalue weighted by Gasteiger charge is 2.13. The van der Waals surface area contributed by atoms with Gasteiger partial charge in [0.25, 0.3) is 0 Å². The van der Waals surface area contributed by atoms with Crippen LogP contribution in [-0.4, -0.2) is 5.84 Å². The van der Waals surface area contributed by atoms with E-state index >= 15 is 0 Å². The fraction of sp³-hybridized carbons (Fsp3) is 0.242. The Bertz CT molecular complexity index is 1290. The molecular formula is C33H38FN3. The van der Waals surface area contributed by atoms with Gasteiger partial charge >= 0.3 is 0 Å². The quantitative estimate of drug-likeness (QED) is 0.144. The molecule has 1 aliphatic rings. The molecule has 3 N–H and O–H groups in total. The Hall–Kier alpha value is -3.92. The Morgan fingerprint density at radius 2 is 1.97 bits per heavy atom. The van der Waals surface area contributed by atoms with Gasteiger partial charge in [-0.15, -0.1) is 0 Å². The molecule has 3 nitrogen and oxygen atoms in total. The Balaban J connectivity index is 1.81. The monoisotopic (exact) mass is 495 g/mol. The maximum absolute atomic E-state index is 14.1. The van der Waals surface area contributed by atoms with Crippen LogP contribution in [0.2, 0.25) is 0 Å². The third kappa shape index (κ3) is 8.04. The highest BCUT2D eigenvalue weighted by Crippen LogP contribution is 2.27. The van der Waals surface area contributed by atoms with Crippen LogP contribution >= 0.6 is 0 Å². The van der Waals surface area contributed by atoms with Crippen LogP contribution in [0.1, 0.15) is 49.8 Å². The number of hydrogen-bond acceptors (Lipinski definition) is 2. The molecule has 192 valence electrons. The second kappa shape index (κ2) is 13.4. The van der Waals surface area contributed by atoms with Crippen LogP contribution in [0.5, 0.6) is 0 Å². The zero-order chi connectivity index (χ0) is 26.8. The van der Waals surface area contributed by atoms with Gasteiger partial charge in [-0.3, -0.25) is 0 Å². The molecule has 2 aromatic rings. The van der Waals surface area contributed by atoms with Crippen molar-refractivity contribution in [1.29, 1.82) is 0 Å². The molecular weight excluding hydrogens is 457 g/mol. The van der Waals surface area contributed by atoms with E-state index in [2.05, 4.69) is 60.8 Å². The fourth-order valence-corrected chi connectivity index (χ4v) is 4.33. The summed E-state index contributed by atoms with van der Waals surface area (Å²) in [6, 6.07) is 15.0. The molecule has 2 aromatic carbocycles. The van der Waals surface area contributed by atoms with Crippen molar-refractivity contribution >= 4 is 11.5 Å². The molecule has 37 heavy (non-hydrogen) atoms. The van der Waals surface area contributed by atoms with Gasteiger partial charge in [-0.25, -0.2) is 9.38 Å². The van der Waals surface area contributed by atoms with Crippen LogP contribution in [0.3, 0.4) is 0 Å². The zero-order valence-electron chi connectivity index (χ0n) is 22.2. The molecule has 0 spiro atoms. The second-order valence-electron chi connectivity index (χ2n) is 9.41. The Morgan fingerprint density at radius 3 is 2.65 bits per heavy atom. The molecule has 0 bridgehead atoms. The second-order valence-corrected chi connectivity index (χ2v) is 9.41. The van der Waals surface area contributed by atoms with E-state index in [1.807, 2.05) is 50.3 Å². The summed E-state index contributed by atoms with van der Waals surface area (Å²) in [5, 5.41) is 3.29. The number of halogens is 1. The molecule has 0 saturated carbocycles. The van der Waals surface area contributed by atoms with Crippen molar-refractivity contribution in [3.8, 4) is 0 Å². The van der Waals surface area contributed by atoms with Gasteiger partial charge in [0.15, 0.2) is 0 Å². The first-order valence-corrected chi connectivity index (χ1v) is 12.8. The Kier molecular flexibility index (Phi) is 10.0. The summed E-state index contributed by atoms with van der Waals surface area (Å²) in [6.07, 6.45) is 14.0. The van der Waals surface area contributed by atoms with Crippen LogP contribution in [-0.2, 0) is 6.42 Å². The summed E-state index contributed by atoms with van der Waals surface area (Å²) in [4.78, 5) is 4.66. The predicted octanol–water partition coefficient (Wildman–Crippen LogP) is 7.94. The highest BCUT2D eigenvalue weighted by molar-refractivity contribution is 5.98. The largest absolute Gasteiger partial charge is 0.382 e. The van der Waals surface area contributed by atoms with Gasteiger partial charge in [-0.05, 0) is 81.2 Å². The van der Waals surface area contributed by atoms with E-state index < -0.39 is 0 Å². The van der Waals surface area contributed by atoms with Gasteiger partial charge in [0.1, 0.15) is 11.7 Å². The van der Waals surface area contributed by atoms with Crippen LogP contribution in [0, 0.1) is 18.7 Å². The SMILES string of the molecule is C=C(/N=C(N)\C(=C/C)NC(=C)c1cccc(C)c1)C(=C/CCc1ccccc1F)/C=C(\C)C1C=CCC1. The first-order chi connectivity index (χ1) is 17.8. The number of aliphatic imine (C=N–C) groups is 1. The number of nitrogens with one attached hydrogen (secondary N) is 1. The molecule has 0 aliphatic heterocycles. The summed E-state index contributed by atoms with van der Waals surface area (Å²) < 4.78 is 14.1. The van der Waals surface area contributed by atoms with Crippen molar-refractivity contribution in [2.75, 3.05) is 0 Å². The van der Waals surface area contributed by atoms with E-state index in [0.29, 0.717) is 41.6 Å². The van der Waals surface area contributed by atoms with Gasteiger partial charge in [0.05, 0.1) is 11.4 Å². The summed E-state index contributed by atoms with van der Waals surface area (Å²) in [7, 11) is 0. The highest BCUT2D eigenvalue weighted by atomic mass is 19.1. The van der Waals surface area contributed by atoms with E-state index in [-0.39, 0.29) is 5.82 Å². The lowest BCUT2D eigenvalue weighted by Gasteiger charge is -2.15. The summed E-state index contributed by atoms with van der Waals surface area (Å²) in [5.41, 5.74) is 13.4. The first-order valence-electron chi connectivity index (χ1n) is 12.8. The van der Waals surface area contributed by atoms with Crippen LogP contribution < -0.4 is 11.1 Å². The van der Waals surface area contributed by atoms with Crippen molar-refractivity contribution in [3.63, 3.8) is 0 Å². The number of rotatable bonds is 11. The topological polar surface area (TPSA) is 50.4 Å². The molecule has 3 rings (SSSR count). The lowest BCUT2D eigenvalue weighted by molar-refractivity contribution is 0.609. The van der Waals surface area contributed by atoms with Gasteiger partial charge in [-0.2, -0.15) is 0 Å². The summed E-state index contributed by atoms with van der Waals surface area (Å²) in [6.45, 7) is 14.5. The number of aryl methyl sites for hydroxylation is 2. The number of nitrogens with zero attached hydrogens (tertiary/aromatic N) is 1. The van der Waals surface area contributed by atoms with Crippen LogP contribution in [0.4, 0.5) is 4.39 Å². The molecule has 0 saturated heterocycles. The summed E-state index contributed by atoms with van der Waals surface area (Å²) >= 11 is 0. The van der Waals surface area contributed by atoms with Crippen molar-refractivity contribution in [2.24, 2.45) is 16.6 Å². The Labute approximate surface area is 221 Å². The Morgan fingerprint density at radius 1 is 1.19 bits per heavy atom. The van der Waals surface area contributed by atoms with E-state index in [1.54, 1.807) is 6.07 Å². The molecule has 1 aliphatic carbocycles. The normalized spacial score (nSPS) is 16.7. The van der Waals surface area contributed by atoms with E-state index in [1.165, 1.54) is 11.6 Å². The minimum absolute atomic E-state index is 0.181. The number of amidine groups is 1. The van der Waals surface area contributed by atoms with Crippen molar-refractivity contribution < 1.29 is 4.39 Å². The smallest absolute Gasteiger partial charge is 0.147 e. The van der Waals surface area contributed by atoms with Gasteiger partial charge < -0.3 is 11.1 Å². The summed E-state index contributed by atoms with van der Waals surface area (Å²) in [5.74, 6) is 0.557. The van der Waals surface area contributed by atoms with Crippen molar-refractivity contribution in [1.82, 2.24) is 5.32 Å². The molecule has 0 aromatic heterocycles. The van der Waals surface area contributed by atoms with Crippen molar-refractivity contribution in [2.45, 2.75) is 46.5 Å². The molecule has 1 unspecified atom stereocenters. The molecule has 0 radical (unpaired) electrons. The predicted molar refractivity (Wildman–Crippen MR) is 156 cm³/mol. The molecule has 0 fully saturated rings. The zero-order valence-corrected chi connectivity index (χ0v) is 22.2. The fourth-order valence-electron chi connectivity index (χ4n) is 4.33. The maximum atomic E-state index is 14.1. The van der Waals surface area contributed by atoms with E-state index in [9.17, 15) is 4.39 Å². The first kappa shape index (κ1) is 27.7. The number of nitrogens with two attached hydrogens (primary N) is 1. The molecule has 4 heteroatoms. The van der Waals surface area contributed by atoms with Crippen LogP contribution in [0.25, 0.3) is 5.70 Å². The minimum atomic E-state index is -0.181. The van der Waals surface area contributed by atoms with Gasteiger partial charge in [0, 0.05) is 5.70 Å². The van der Waals surface area contributed by atoms with E-state index in [4.69, 9.17) is 5.73 Å². The van der Waals surface area contributed by atoms with Gasteiger partial charge in [0.2, 0.25) is 0 Å². The third-order valence-corrected chi connectivity index (χ3v) is 6.52. The standard InChI is InChI=1S/C33H38FN3/c1-6-32(36-25(4)29-18-11-13-23(2)21-29)33(35)37-26(5)30(22-24(3)27-14-7-8-15-27)19-12-17-28-16-9-10-20-31(28)34/h6-7,9-11,13-14,16,18-22,27,36H,4-5,8,12,15,17H2,1-3H3,(H2,35,37)/b24-22+,30-19+,32-6+. The molecule has 1 atom stereocenters. The number of hydrogen-bond donors (Lipinski definition) is 2. The lowest BCUT2D eigenvalue weighted by atomic mass is 9.96.